The van der Waals surface area contributed by atoms with Crippen LogP contribution in [0.4, 0.5) is 5.69 Å². The highest BCUT2D eigenvalue weighted by atomic mass is 35.5. The van der Waals surface area contributed by atoms with Crippen LogP contribution in [0.2, 0.25) is 5.02 Å². The Bertz CT molecular complexity index is 517. The summed E-state index contributed by atoms with van der Waals surface area (Å²) in [6.07, 6.45) is 7.02. The molecule has 0 aliphatic rings. The van der Waals surface area contributed by atoms with Crippen LogP contribution in [0.3, 0.4) is 0 Å². The standard InChI is InChI=1S/C12H16ClN3O2/c1-4-6-16-11(18)10(9(13)8-14-16)15-12(2,3)5-7-17/h1,8,15,17H,5-7H2,2-3H3. The molecular formula is C12H16ClN3O2. The molecular weight excluding hydrogens is 254 g/mol. The molecule has 0 atom stereocenters. The van der Waals surface area contributed by atoms with Crippen molar-refractivity contribution in [1.82, 2.24) is 9.78 Å². The zero-order valence-corrected chi connectivity index (χ0v) is 11.2. The first kappa shape index (κ1) is 14.6. The van der Waals surface area contributed by atoms with E-state index in [0.29, 0.717) is 6.42 Å². The molecule has 5 nitrogen and oxygen atoms in total. The summed E-state index contributed by atoms with van der Waals surface area (Å²) < 4.78 is 1.16. The van der Waals surface area contributed by atoms with E-state index in [9.17, 15) is 4.79 Å². The van der Waals surface area contributed by atoms with Gasteiger partial charge in [0, 0.05) is 12.1 Å². The third-order valence-electron chi connectivity index (χ3n) is 2.44. The van der Waals surface area contributed by atoms with Crippen LogP contribution >= 0.6 is 11.6 Å². The molecule has 0 unspecified atom stereocenters. The monoisotopic (exact) mass is 269 g/mol. The average molecular weight is 270 g/mol. The Hall–Kier alpha value is -1.51. The summed E-state index contributed by atoms with van der Waals surface area (Å²) in [5.41, 5.74) is -0.570. The van der Waals surface area contributed by atoms with Crippen molar-refractivity contribution >= 4 is 17.3 Å². The Morgan fingerprint density at radius 3 is 2.89 bits per heavy atom. The number of hydrogen-bond donors (Lipinski definition) is 2. The lowest BCUT2D eigenvalue weighted by Crippen LogP contribution is -2.36. The summed E-state index contributed by atoms with van der Waals surface area (Å²) in [6, 6.07) is 0. The Labute approximate surface area is 111 Å². The number of anilines is 1. The Kier molecular flexibility index (Phi) is 4.76. The summed E-state index contributed by atoms with van der Waals surface area (Å²) in [4.78, 5) is 12.1. The van der Waals surface area contributed by atoms with Crippen molar-refractivity contribution < 1.29 is 5.11 Å². The first-order valence-electron chi connectivity index (χ1n) is 5.49. The van der Waals surface area contributed by atoms with Crippen LogP contribution < -0.4 is 10.9 Å². The second kappa shape index (κ2) is 5.89. The highest BCUT2D eigenvalue weighted by Gasteiger charge is 2.20. The fraction of sp³-hybridized carbons (Fsp3) is 0.500. The van der Waals surface area contributed by atoms with Gasteiger partial charge in [0.2, 0.25) is 0 Å². The van der Waals surface area contributed by atoms with E-state index in [1.54, 1.807) is 0 Å². The van der Waals surface area contributed by atoms with Crippen molar-refractivity contribution in [3.63, 3.8) is 0 Å². The maximum Gasteiger partial charge on any atom is 0.292 e. The van der Waals surface area contributed by atoms with E-state index in [-0.39, 0.29) is 29.4 Å². The van der Waals surface area contributed by atoms with Gasteiger partial charge in [-0.05, 0) is 20.3 Å². The quantitative estimate of drug-likeness (QED) is 0.786. The molecule has 0 aromatic carbocycles. The van der Waals surface area contributed by atoms with Crippen LogP contribution in [0.25, 0.3) is 0 Å². The van der Waals surface area contributed by atoms with Gasteiger partial charge in [0.15, 0.2) is 0 Å². The fourth-order valence-corrected chi connectivity index (χ4v) is 1.63. The molecule has 0 saturated carbocycles. The van der Waals surface area contributed by atoms with Crippen molar-refractivity contribution in [1.29, 1.82) is 0 Å². The van der Waals surface area contributed by atoms with Crippen LogP contribution in [0.15, 0.2) is 11.0 Å². The molecule has 6 heteroatoms. The molecule has 1 heterocycles. The minimum atomic E-state index is -0.452. The lowest BCUT2D eigenvalue weighted by atomic mass is 10.0. The van der Waals surface area contributed by atoms with Gasteiger partial charge in [-0.25, -0.2) is 4.68 Å². The number of rotatable bonds is 5. The molecule has 0 radical (unpaired) electrons. The number of nitrogens with zero attached hydrogens (tertiary/aromatic N) is 2. The van der Waals surface area contributed by atoms with Crippen molar-refractivity contribution in [3.8, 4) is 12.3 Å². The van der Waals surface area contributed by atoms with Crippen LogP contribution in [0.5, 0.6) is 0 Å². The maximum atomic E-state index is 12.1. The van der Waals surface area contributed by atoms with E-state index in [1.165, 1.54) is 6.20 Å². The van der Waals surface area contributed by atoms with Crippen molar-refractivity contribution in [3.05, 3.63) is 21.6 Å². The zero-order chi connectivity index (χ0) is 13.8. The number of aliphatic hydroxyl groups is 1. The van der Waals surface area contributed by atoms with Gasteiger partial charge in [-0.2, -0.15) is 5.10 Å². The number of nitrogens with one attached hydrogen (secondary N) is 1. The molecule has 0 aliphatic carbocycles. The highest BCUT2D eigenvalue weighted by molar-refractivity contribution is 6.33. The molecule has 0 amide bonds. The molecule has 0 aliphatic heterocycles. The zero-order valence-electron chi connectivity index (χ0n) is 10.4. The largest absolute Gasteiger partial charge is 0.396 e. The Morgan fingerprint density at radius 2 is 2.33 bits per heavy atom. The first-order chi connectivity index (χ1) is 8.41. The lowest BCUT2D eigenvalue weighted by Gasteiger charge is -2.26. The smallest absolute Gasteiger partial charge is 0.292 e. The summed E-state index contributed by atoms with van der Waals surface area (Å²) in [6.45, 7) is 3.84. The van der Waals surface area contributed by atoms with E-state index in [1.807, 2.05) is 13.8 Å². The van der Waals surface area contributed by atoms with Crippen LogP contribution in [-0.4, -0.2) is 27.0 Å². The molecule has 0 bridgehead atoms. The van der Waals surface area contributed by atoms with Gasteiger partial charge in [0.1, 0.15) is 12.2 Å². The minimum absolute atomic E-state index is 0.0151. The molecule has 18 heavy (non-hydrogen) atoms. The van der Waals surface area contributed by atoms with E-state index in [4.69, 9.17) is 23.1 Å². The molecule has 0 fully saturated rings. The third-order valence-corrected chi connectivity index (χ3v) is 2.73. The molecule has 2 N–H and O–H groups in total. The SMILES string of the molecule is C#CCn1ncc(Cl)c(NC(C)(C)CCO)c1=O. The van der Waals surface area contributed by atoms with Gasteiger partial charge in [0.25, 0.3) is 5.56 Å². The second-order valence-corrected chi connectivity index (χ2v) is 4.92. The Morgan fingerprint density at radius 1 is 1.67 bits per heavy atom. The number of halogens is 1. The van der Waals surface area contributed by atoms with Gasteiger partial charge in [-0.15, -0.1) is 6.42 Å². The van der Waals surface area contributed by atoms with Gasteiger partial charge < -0.3 is 10.4 Å². The molecule has 0 spiro atoms. The topological polar surface area (TPSA) is 67.2 Å². The minimum Gasteiger partial charge on any atom is -0.396 e. The summed E-state index contributed by atoms with van der Waals surface area (Å²) in [7, 11) is 0. The molecule has 98 valence electrons. The molecule has 0 saturated heterocycles. The van der Waals surface area contributed by atoms with Crippen LogP contribution in [0.1, 0.15) is 20.3 Å². The third kappa shape index (κ3) is 3.49. The predicted molar refractivity (Wildman–Crippen MR) is 71.7 cm³/mol. The van der Waals surface area contributed by atoms with Crippen molar-refractivity contribution in [2.75, 3.05) is 11.9 Å². The van der Waals surface area contributed by atoms with Gasteiger partial charge >= 0.3 is 0 Å². The van der Waals surface area contributed by atoms with E-state index in [0.717, 1.165) is 4.68 Å². The number of aromatic nitrogens is 2. The van der Waals surface area contributed by atoms with Crippen molar-refractivity contribution in [2.45, 2.75) is 32.4 Å². The van der Waals surface area contributed by atoms with Crippen molar-refractivity contribution in [2.24, 2.45) is 0 Å². The van der Waals surface area contributed by atoms with Crippen LogP contribution in [-0.2, 0) is 6.54 Å². The van der Waals surface area contributed by atoms with E-state index >= 15 is 0 Å². The highest BCUT2D eigenvalue weighted by Crippen LogP contribution is 2.21. The van der Waals surface area contributed by atoms with E-state index < -0.39 is 5.54 Å². The van der Waals surface area contributed by atoms with Gasteiger partial charge in [0.05, 0.1) is 11.2 Å². The first-order valence-corrected chi connectivity index (χ1v) is 5.87. The molecule has 1 rings (SSSR count). The Balaban J connectivity index is 3.13. The fourth-order valence-electron chi connectivity index (χ4n) is 1.46. The summed E-state index contributed by atoms with van der Waals surface area (Å²) in [5.74, 6) is 2.35. The average Bonchev–Trinajstić information content (AvgIpc) is 2.28. The second-order valence-electron chi connectivity index (χ2n) is 4.52. The van der Waals surface area contributed by atoms with E-state index in [2.05, 4.69) is 16.3 Å². The molecule has 1 aromatic heterocycles. The number of aliphatic hydroxyl groups excluding tert-OH is 1. The normalized spacial score (nSPS) is 11.1. The summed E-state index contributed by atoms with van der Waals surface area (Å²) in [5, 5.41) is 16.1. The maximum absolute atomic E-state index is 12.1. The number of terminal acetylenes is 1. The van der Waals surface area contributed by atoms with Gasteiger partial charge in [-0.3, -0.25) is 4.79 Å². The summed E-state index contributed by atoms with van der Waals surface area (Å²) >= 11 is 5.96. The predicted octanol–water partition coefficient (Wildman–Crippen LogP) is 1.10. The lowest BCUT2D eigenvalue weighted by molar-refractivity contribution is 0.260. The van der Waals surface area contributed by atoms with Gasteiger partial charge in [-0.1, -0.05) is 17.5 Å². The van der Waals surface area contributed by atoms with Crippen LogP contribution in [0, 0.1) is 12.3 Å². The number of hydrogen-bond acceptors (Lipinski definition) is 4. The molecule has 1 aromatic rings.